The van der Waals surface area contributed by atoms with Gasteiger partial charge in [-0.05, 0) is 42.0 Å². The Labute approximate surface area is 116 Å². The highest BCUT2D eigenvalue weighted by Gasteiger charge is 2.10. The van der Waals surface area contributed by atoms with Gasteiger partial charge in [0.15, 0.2) is 0 Å². The van der Waals surface area contributed by atoms with Gasteiger partial charge in [-0.3, -0.25) is 0 Å². The van der Waals surface area contributed by atoms with Crippen molar-refractivity contribution in [2.24, 2.45) is 0 Å². The number of nitrogens with zero attached hydrogens (tertiary/aromatic N) is 1. The molecule has 1 N–H and O–H groups in total. The first-order valence-electron chi connectivity index (χ1n) is 5.36. The molecule has 1 atom stereocenters. The Morgan fingerprint density at radius 1 is 1.00 bits per heavy atom. The van der Waals surface area contributed by atoms with E-state index in [1.165, 1.54) is 0 Å². The van der Waals surface area contributed by atoms with Crippen molar-refractivity contribution in [1.29, 1.82) is 5.26 Å². The molecule has 0 aliphatic heterocycles. The first-order chi connectivity index (χ1) is 8.69. The first-order valence-corrected chi connectivity index (χ1v) is 6.12. The molecule has 2 aromatic rings. The van der Waals surface area contributed by atoms with Crippen LogP contribution in [-0.2, 0) is 0 Å². The van der Waals surface area contributed by atoms with Gasteiger partial charge in [0.2, 0.25) is 0 Å². The lowest BCUT2D eigenvalue weighted by molar-refractivity contribution is 0.998. The van der Waals surface area contributed by atoms with Gasteiger partial charge < -0.3 is 5.32 Å². The molecule has 0 spiro atoms. The average Bonchev–Trinajstić information content (AvgIpc) is 2.38. The maximum absolute atomic E-state index is 9.20. The summed E-state index contributed by atoms with van der Waals surface area (Å²) in [5.74, 6) is 0. The van der Waals surface area contributed by atoms with Crippen molar-refractivity contribution in [3.63, 3.8) is 0 Å². The summed E-state index contributed by atoms with van der Waals surface area (Å²) in [6, 6.07) is 16.2. The summed E-state index contributed by atoms with van der Waals surface area (Å²) in [6.45, 7) is 0. The number of nitrogens with one attached hydrogen (secondary N) is 1. The Morgan fingerprint density at radius 3 is 2.33 bits per heavy atom. The number of benzene rings is 2. The molecule has 0 amide bonds. The van der Waals surface area contributed by atoms with Gasteiger partial charge in [-0.15, -0.1) is 0 Å². The third-order valence-electron chi connectivity index (χ3n) is 2.47. The van der Waals surface area contributed by atoms with E-state index in [0.717, 1.165) is 11.3 Å². The predicted octanol–water partition coefficient (Wildman–Crippen LogP) is 4.67. The van der Waals surface area contributed by atoms with Crippen LogP contribution in [0.15, 0.2) is 48.5 Å². The van der Waals surface area contributed by atoms with Crippen molar-refractivity contribution in [2.75, 3.05) is 5.32 Å². The summed E-state index contributed by atoms with van der Waals surface area (Å²) >= 11 is 11.7. The Morgan fingerprint density at radius 2 is 1.72 bits per heavy atom. The maximum atomic E-state index is 9.20. The molecule has 0 aliphatic carbocycles. The number of rotatable bonds is 3. The SMILES string of the molecule is N#CC(Nc1ccc(Cl)cc1)c1cccc(Cl)c1. The van der Waals surface area contributed by atoms with Gasteiger partial charge in [-0.1, -0.05) is 35.3 Å². The van der Waals surface area contributed by atoms with E-state index in [9.17, 15) is 5.26 Å². The molecule has 0 bridgehead atoms. The molecular formula is C14H10Cl2N2. The molecule has 1 unspecified atom stereocenters. The van der Waals surface area contributed by atoms with E-state index in [0.29, 0.717) is 10.0 Å². The maximum Gasteiger partial charge on any atom is 0.140 e. The monoisotopic (exact) mass is 276 g/mol. The summed E-state index contributed by atoms with van der Waals surface area (Å²) < 4.78 is 0. The lowest BCUT2D eigenvalue weighted by Gasteiger charge is -2.13. The smallest absolute Gasteiger partial charge is 0.140 e. The predicted molar refractivity (Wildman–Crippen MR) is 74.9 cm³/mol. The van der Waals surface area contributed by atoms with Crippen LogP contribution >= 0.6 is 23.2 Å². The van der Waals surface area contributed by atoms with E-state index < -0.39 is 6.04 Å². The van der Waals surface area contributed by atoms with Gasteiger partial charge in [0.25, 0.3) is 0 Å². The molecule has 18 heavy (non-hydrogen) atoms. The molecule has 2 aromatic carbocycles. The average molecular weight is 277 g/mol. The fourth-order valence-corrected chi connectivity index (χ4v) is 1.91. The van der Waals surface area contributed by atoms with Crippen LogP contribution in [0.2, 0.25) is 10.0 Å². The van der Waals surface area contributed by atoms with Crippen LogP contribution < -0.4 is 5.32 Å². The molecule has 0 heterocycles. The van der Waals surface area contributed by atoms with Gasteiger partial charge in [-0.2, -0.15) is 5.26 Å². The third-order valence-corrected chi connectivity index (χ3v) is 2.95. The van der Waals surface area contributed by atoms with Crippen LogP contribution in [0.1, 0.15) is 11.6 Å². The van der Waals surface area contributed by atoms with Crippen molar-refractivity contribution < 1.29 is 0 Å². The number of halogens is 2. The molecule has 0 saturated carbocycles. The summed E-state index contributed by atoms with van der Waals surface area (Å²) in [6.07, 6.45) is 0. The molecule has 0 aliphatic rings. The van der Waals surface area contributed by atoms with Crippen LogP contribution in [0, 0.1) is 11.3 Å². The minimum absolute atomic E-state index is 0.440. The Kier molecular flexibility index (Phi) is 4.09. The molecule has 0 saturated heterocycles. The molecule has 2 rings (SSSR count). The lowest BCUT2D eigenvalue weighted by atomic mass is 10.1. The van der Waals surface area contributed by atoms with Crippen LogP contribution in [0.4, 0.5) is 5.69 Å². The molecule has 0 fully saturated rings. The quantitative estimate of drug-likeness (QED) is 0.884. The number of anilines is 1. The van der Waals surface area contributed by atoms with Crippen molar-refractivity contribution in [3.05, 3.63) is 64.1 Å². The highest BCUT2D eigenvalue weighted by Crippen LogP contribution is 2.22. The third kappa shape index (κ3) is 3.16. The van der Waals surface area contributed by atoms with E-state index in [1.54, 1.807) is 24.3 Å². The number of hydrogen-bond donors (Lipinski definition) is 1. The minimum Gasteiger partial charge on any atom is -0.366 e. The highest BCUT2D eigenvalue weighted by molar-refractivity contribution is 6.30. The zero-order valence-electron chi connectivity index (χ0n) is 9.40. The largest absolute Gasteiger partial charge is 0.366 e. The van der Waals surface area contributed by atoms with Crippen molar-refractivity contribution in [3.8, 4) is 6.07 Å². The normalized spacial score (nSPS) is 11.6. The fraction of sp³-hybridized carbons (Fsp3) is 0.0714. The number of nitriles is 1. The number of hydrogen-bond acceptors (Lipinski definition) is 2. The Hall–Kier alpha value is -1.69. The van der Waals surface area contributed by atoms with Gasteiger partial charge in [-0.25, -0.2) is 0 Å². The van der Waals surface area contributed by atoms with E-state index >= 15 is 0 Å². The van der Waals surface area contributed by atoms with E-state index in [1.807, 2.05) is 24.3 Å². The van der Waals surface area contributed by atoms with Gasteiger partial charge >= 0.3 is 0 Å². The van der Waals surface area contributed by atoms with Gasteiger partial charge in [0, 0.05) is 15.7 Å². The zero-order chi connectivity index (χ0) is 13.0. The summed E-state index contributed by atoms with van der Waals surface area (Å²) in [7, 11) is 0. The molecule has 90 valence electrons. The van der Waals surface area contributed by atoms with Crippen molar-refractivity contribution in [2.45, 2.75) is 6.04 Å². The van der Waals surface area contributed by atoms with E-state index in [2.05, 4.69) is 11.4 Å². The Balaban J connectivity index is 2.20. The molecule has 4 heteroatoms. The second-order valence-corrected chi connectivity index (χ2v) is 4.64. The van der Waals surface area contributed by atoms with Crippen molar-refractivity contribution in [1.82, 2.24) is 0 Å². The first kappa shape index (κ1) is 12.8. The zero-order valence-corrected chi connectivity index (χ0v) is 10.9. The molecule has 0 radical (unpaired) electrons. The van der Waals surface area contributed by atoms with Crippen LogP contribution in [0.3, 0.4) is 0 Å². The van der Waals surface area contributed by atoms with Gasteiger partial charge in [0.1, 0.15) is 6.04 Å². The minimum atomic E-state index is -0.440. The Bertz CT molecular complexity index is 573. The summed E-state index contributed by atoms with van der Waals surface area (Å²) in [4.78, 5) is 0. The van der Waals surface area contributed by atoms with E-state index in [-0.39, 0.29) is 0 Å². The van der Waals surface area contributed by atoms with Crippen molar-refractivity contribution >= 4 is 28.9 Å². The summed E-state index contributed by atoms with van der Waals surface area (Å²) in [5.41, 5.74) is 1.67. The van der Waals surface area contributed by atoms with Crippen LogP contribution in [0.5, 0.6) is 0 Å². The van der Waals surface area contributed by atoms with Crippen LogP contribution in [-0.4, -0.2) is 0 Å². The fourth-order valence-electron chi connectivity index (χ4n) is 1.59. The highest BCUT2D eigenvalue weighted by atomic mass is 35.5. The summed E-state index contributed by atoms with van der Waals surface area (Å²) in [5, 5.41) is 13.6. The van der Waals surface area contributed by atoms with E-state index in [4.69, 9.17) is 23.2 Å². The van der Waals surface area contributed by atoms with Crippen LogP contribution in [0.25, 0.3) is 0 Å². The topological polar surface area (TPSA) is 35.8 Å². The molecule has 0 aromatic heterocycles. The lowest BCUT2D eigenvalue weighted by Crippen LogP contribution is -2.08. The second-order valence-electron chi connectivity index (χ2n) is 3.77. The standard InChI is InChI=1S/C14H10Cl2N2/c15-11-4-6-13(7-5-11)18-14(9-17)10-2-1-3-12(16)8-10/h1-8,14,18H. The molecule has 2 nitrogen and oxygen atoms in total. The molecular weight excluding hydrogens is 267 g/mol. The second kappa shape index (κ2) is 5.77. The van der Waals surface area contributed by atoms with Gasteiger partial charge in [0.05, 0.1) is 6.07 Å².